The lowest BCUT2D eigenvalue weighted by atomic mass is 9.97. The van der Waals surface area contributed by atoms with Crippen molar-refractivity contribution in [3.8, 4) is 0 Å². The van der Waals surface area contributed by atoms with E-state index >= 15 is 0 Å². The molecule has 3 amide bonds. The number of likely N-dealkylation sites (tertiary alicyclic amines) is 1. The van der Waals surface area contributed by atoms with Crippen molar-refractivity contribution in [3.63, 3.8) is 0 Å². The van der Waals surface area contributed by atoms with Gasteiger partial charge in [-0.05, 0) is 25.0 Å². The van der Waals surface area contributed by atoms with Crippen molar-refractivity contribution in [3.05, 3.63) is 33.3 Å². The number of rotatable bonds is 5. The third-order valence-electron chi connectivity index (χ3n) is 5.04. The third-order valence-corrected chi connectivity index (χ3v) is 5.76. The predicted molar refractivity (Wildman–Crippen MR) is 104 cm³/mol. The molecule has 1 fully saturated rings. The van der Waals surface area contributed by atoms with Gasteiger partial charge in [0, 0.05) is 13.1 Å². The summed E-state index contributed by atoms with van der Waals surface area (Å²) in [5.74, 6) is -3.27. The van der Waals surface area contributed by atoms with Gasteiger partial charge in [-0.3, -0.25) is 28.9 Å². The molecule has 0 spiro atoms. The summed E-state index contributed by atoms with van der Waals surface area (Å²) in [5.41, 5.74) is 0.0958. The molecule has 1 aromatic rings. The third kappa shape index (κ3) is 4.41. The highest BCUT2D eigenvalue weighted by atomic mass is 35.5. The first kappa shape index (κ1) is 22.0. The maximum atomic E-state index is 12.4. The number of benzene rings is 1. The van der Waals surface area contributed by atoms with Gasteiger partial charge < -0.3 is 14.4 Å². The lowest BCUT2D eigenvalue weighted by Crippen LogP contribution is -2.43. The summed E-state index contributed by atoms with van der Waals surface area (Å²) < 4.78 is 9.63. The van der Waals surface area contributed by atoms with E-state index in [1.807, 2.05) is 0 Å². The maximum Gasteiger partial charge on any atom is 0.326 e. The number of amides is 3. The SMILES string of the molecule is COC(=O)C1CCN(C(=O)COC(=O)CN2C(=O)c3cc(Cl)c(Cl)cc3C2=O)CC1. The molecule has 0 atom stereocenters. The first-order chi connectivity index (χ1) is 14.2. The van der Waals surface area contributed by atoms with E-state index < -0.39 is 36.8 Å². The largest absolute Gasteiger partial charge is 0.469 e. The number of fused-ring (bicyclic) bond motifs is 1. The fourth-order valence-corrected chi connectivity index (χ4v) is 3.69. The zero-order chi connectivity index (χ0) is 22.0. The number of carbonyl (C=O) groups is 5. The van der Waals surface area contributed by atoms with Crippen molar-refractivity contribution in [2.24, 2.45) is 5.92 Å². The van der Waals surface area contributed by atoms with Crippen LogP contribution >= 0.6 is 23.2 Å². The summed E-state index contributed by atoms with van der Waals surface area (Å²) in [6.45, 7) is -0.478. The Balaban J connectivity index is 1.51. The Kier molecular flexibility index (Phi) is 6.62. The molecule has 2 aliphatic heterocycles. The Labute approximate surface area is 181 Å². The van der Waals surface area contributed by atoms with Crippen molar-refractivity contribution >= 4 is 52.9 Å². The van der Waals surface area contributed by atoms with E-state index in [0.717, 1.165) is 0 Å². The predicted octanol–water partition coefficient (Wildman–Crippen LogP) is 1.54. The number of halogens is 2. The molecular weight excluding hydrogens is 439 g/mol. The summed E-state index contributed by atoms with van der Waals surface area (Å²) in [7, 11) is 1.32. The van der Waals surface area contributed by atoms with E-state index in [9.17, 15) is 24.0 Å². The molecule has 160 valence electrons. The Morgan fingerprint density at radius 1 is 1.03 bits per heavy atom. The monoisotopic (exact) mass is 456 g/mol. The summed E-state index contributed by atoms with van der Waals surface area (Å²) in [5, 5.41) is 0.227. The standard InChI is InChI=1S/C19H18Cl2N2O7/c1-29-19(28)10-2-4-22(5-3-10)15(24)9-30-16(25)8-23-17(26)11-6-13(20)14(21)7-12(11)18(23)27/h6-7,10H,2-5,8-9H2,1H3. The Morgan fingerprint density at radius 2 is 1.57 bits per heavy atom. The van der Waals surface area contributed by atoms with Crippen LogP contribution < -0.4 is 0 Å². The molecular formula is C19H18Cl2N2O7. The van der Waals surface area contributed by atoms with Crippen molar-refractivity contribution < 1.29 is 33.4 Å². The second-order valence-electron chi connectivity index (χ2n) is 6.85. The van der Waals surface area contributed by atoms with Crippen molar-refractivity contribution in [2.45, 2.75) is 12.8 Å². The van der Waals surface area contributed by atoms with E-state index in [2.05, 4.69) is 0 Å². The lowest BCUT2D eigenvalue weighted by Gasteiger charge is -2.30. The molecule has 0 aliphatic carbocycles. The van der Waals surface area contributed by atoms with Gasteiger partial charge in [0.05, 0.1) is 34.2 Å². The minimum atomic E-state index is -0.903. The second-order valence-corrected chi connectivity index (χ2v) is 7.66. The number of imide groups is 1. The Hall–Kier alpha value is -2.65. The summed E-state index contributed by atoms with van der Waals surface area (Å²) in [6.07, 6.45) is 0.930. The highest BCUT2D eigenvalue weighted by Gasteiger charge is 2.38. The first-order valence-corrected chi connectivity index (χ1v) is 9.85. The zero-order valence-corrected chi connectivity index (χ0v) is 17.5. The van der Waals surface area contributed by atoms with Crippen LogP contribution in [0.4, 0.5) is 0 Å². The molecule has 0 radical (unpaired) electrons. The fourth-order valence-electron chi connectivity index (χ4n) is 3.37. The molecule has 0 N–H and O–H groups in total. The zero-order valence-electron chi connectivity index (χ0n) is 16.0. The minimum absolute atomic E-state index is 0.0479. The summed E-state index contributed by atoms with van der Waals surface area (Å²) in [4.78, 5) is 62.8. The van der Waals surface area contributed by atoms with Crippen LogP contribution in [0.15, 0.2) is 12.1 Å². The maximum absolute atomic E-state index is 12.4. The average molecular weight is 457 g/mol. The van der Waals surface area contributed by atoms with Crippen molar-refractivity contribution in [2.75, 3.05) is 33.4 Å². The van der Waals surface area contributed by atoms with E-state index in [1.54, 1.807) is 0 Å². The van der Waals surface area contributed by atoms with Crippen LogP contribution in [-0.4, -0.2) is 72.8 Å². The van der Waals surface area contributed by atoms with E-state index in [-0.39, 0.29) is 33.1 Å². The molecule has 2 heterocycles. The Morgan fingerprint density at radius 3 is 2.07 bits per heavy atom. The number of nitrogens with zero attached hydrogens (tertiary/aromatic N) is 2. The lowest BCUT2D eigenvalue weighted by molar-refractivity contribution is -0.154. The Bertz CT molecular complexity index is 885. The normalized spacial score (nSPS) is 16.5. The van der Waals surface area contributed by atoms with E-state index in [4.69, 9.17) is 32.7 Å². The number of methoxy groups -OCH3 is 1. The molecule has 9 nitrogen and oxygen atoms in total. The molecule has 1 aromatic carbocycles. The van der Waals surface area contributed by atoms with Gasteiger partial charge >= 0.3 is 11.9 Å². The molecule has 2 aliphatic rings. The fraction of sp³-hybridized carbons (Fsp3) is 0.421. The minimum Gasteiger partial charge on any atom is -0.469 e. The van der Waals surface area contributed by atoms with Gasteiger partial charge in [0.2, 0.25) is 0 Å². The number of ether oxygens (including phenoxy) is 2. The molecule has 0 saturated carbocycles. The van der Waals surface area contributed by atoms with E-state index in [1.165, 1.54) is 24.1 Å². The van der Waals surface area contributed by atoms with Gasteiger partial charge in [-0.15, -0.1) is 0 Å². The highest BCUT2D eigenvalue weighted by molar-refractivity contribution is 6.43. The molecule has 0 unspecified atom stereocenters. The molecule has 1 saturated heterocycles. The van der Waals surface area contributed by atoms with Crippen LogP contribution in [0.2, 0.25) is 10.0 Å². The molecule has 11 heteroatoms. The summed E-state index contributed by atoms with van der Waals surface area (Å²) in [6, 6.07) is 2.54. The first-order valence-electron chi connectivity index (χ1n) is 9.09. The smallest absolute Gasteiger partial charge is 0.326 e. The van der Waals surface area contributed by atoms with Gasteiger partial charge in [-0.25, -0.2) is 0 Å². The van der Waals surface area contributed by atoms with Crippen LogP contribution in [0.1, 0.15) is 33.6 Å². The highest BCUT2D eigenvalue weighted by Crippen LogP contribution is 2.31. The van der Waals surface area contributed by atoms with Crippen LogP contribution in [0.25, 0.3) is 0 Å². The van der Waals surface area contributed by atoms with Gasteiger partial charge in [-0.2, -0.15) is 0 Å². The van der Waals surface area contributed by atoms with Gasteiger partial charge in [0.1, 0.15) is 6.54 Å². The number of hydrogen-bond donors (Lipinski definition) is 0. The second kappa shape index (κ2) is 9.01. The van der Waals surface area contributed by atoms with Crippen LogP contribution in [0, 0.1) is 5.92 Å². The average Bonchev–Trinajstić information content (AvgIpc) is 2.96. The molecule has 0 aromatic heterocycles. The quantitative estimate of drug-likeness (QED) is 0.487. The van der Waals surface area contributed by atoms with Gasteiger partial charge in [0.25, 0.3) is 17.7 Å². The van der Waals surface area contributed by atoms with Crippen LogP contribution in [-0.2, 0) is 23.9 Å². The number of piperidine rings is 1. The van der Waals surface area contributed by atoms with Crippen LogP contribution in [0.3, 0.4) is 0 Å². The molecule has 0 bridgehead atoms. The van der Waals surface area contributed by atoms with Crippen molar-refractivity contribution in [1.82, 2.24) is 9.80 Å². The topological polar surface area (TPSA) is 110 Å². The number of hydrogen-bond acceptors (Lipinski definition) is 7. The van der Waals surface area contributed by atoms with Crippen molar-refractivity contribution in [1.29, 1.82) is 0 Å². The molecule has 30 heavy (non-hydrogen) atoms. The van der Waals surface area contributed by atoms with Gasteiger partial charge in [0.15, 0.2) is 6.61 Å². The number of esters is 2. The van der Waals surface area contributed by atoms with E-state index in [0.29, 0.717) is 30.8 Å². The van der Waals surface area contributed by atoms with Gasteiger partial charge in [-0.1, -0.05) is 23.2 Å². The molecule has 3 rings (SSSR count). The van der Waals surface area contributed by atoms with Crippen LogP contribution in [0.5, 0.6) is 0 Å². The number of carbonyl (C=O) groups excluding carboxylic acids is 5. The summed E-state index contributed by atoms with van der Waals surface area (Å²) >= 11 is 11.8.